The minimum absolute atomic E-state index is 0.177. The second-order valence-corrected chi connectivity index (χ2v) is 8.57. The van der Waals surface area contributed by atoms with E-state index in [2.05, 4.69) is 16.5 Å². The molecule has 0 radical (unpaired) electrons. The minimum Gasteiger partial charge on any atom is -0.354 e. The van der Waals surface area contributed by atoms with Gasteiger partial charge in [-0.25, -0.2) is 4.68 Å². The number of fused-ring (bicyclic) bond motifs is 2. The SMILES string of the molecule is CC(=O)c1nn(-c2ccc(C)cc2)cc1C(=O)c1ccc2c(c1)Nc1ccccc1S2. The van der Waals surface area contributed by atoms with Gasteiger partial charge in [-0.15, -0.1) is 0 Å². The molecule has 0 amide bonds. The first kappa shape index (κ1) is 19.3. The number of hydrogen-bond acceptors (Lipinski definition) is 5. The van der Waals surface area contributed by atoms with Gasteiger partial charge in [0.05, 0.1) is 22.6 Å². The van der Waals surface area contributed by atoms with Crippen LogP contribution in [0.25, 0.3) is 5.69 Å². The molecule has 0 saturated heterocycles. The third-order valence-corrected chi connectivity index (χ3v) is 6.36. The lowest BCUT2D eigenvalue weighted by Gasteiger charge is -2.21. The molecule has 1 aliphatic heterocycles. The Balaban J connectivity index is 1.52. The number of anilines is 2. The van der Waals surface area contributed by atoms with Crippen molar-refractivity contribution in [1.82, 2.24) is 9.78 Å². The van der Waals surface area contributed by atoms with Gasteiger partial charge in [0.25, 0.3) is 0 Å². The third-order valence-electron chi connectivity index (χ3n) is 5.21. The van der Waals surface area contributed by atoms with Crippen LogP contribution in [0.2, 0.25) is 0 Å². The summed E-state index contributed by atoms with van der Waals surface area (Å²) in [6.45, 7) is 3.43. The van der Waals surface area contributed by atoms with E-state index in [1.54, 1.807) is 28.7 Å². The highest BCUT2D eigenvalue weighted by Crippen LogP contribution is 2.44. The maximum absolute atomic E-state index is 13.4. The number of nitrogens with one attached hydrogen (secondary N) is 1. The van der Waals surface area contributed by atoms with E-state index in [1.165, 1.54) is 6.92 Å². The number of aryl methyl sites for hydroxylation is 1. The topological polar surface area (TPSA) is 64.0 Å². The number of Topliss-reactive ketones (excluding diaryl/α,β-unsaturated/α-hetero) is 1. The highest BCUT2D eigenvalue weighted by molar-refractivity contribution is 7.99. The van der Waals surface area contributed by atoms with Crippen molar-refractivity contribution in [3.63, 3.8) is 0 Å². The second-order valence-electron chi connectivity index (χ2n) is 7.49. The Labute approximate surface area is 184 Å². The lowest BCUT2D eigenvalue weighted by molar-refractivity contribution is 0.0987. The number of rotatable bonds is 4. The molecular formula is C25H19N3O2S. The van der Waals surface area contributed by atoms with Crippen molar-refractivity contribution in [1.29, 1.82) is 0 Å². The summed E-state index contributed by atoms with van der Waals surface area (Å²) in [6, 6.07) is 21.4. The summed E-state index contributed by atoms with van der Waals surface area (Å²) in [5.74, 6) is -0.466. The molecule has 0 spiro atoms. The van der Waals surface area contributed by atoms with Crippen LogP contribution in [0, 0.1) is 6.92 Å². The van der Waals surface area contributed by atoms with Gasteiger partial charge < -0.3 is 5.32 Å². The monoisotopic (exact) mass is 425 g/mol. The highest BCUT2D eigenvalue weighted by atomic mass is 32.2. The van der Waals surface area contributed by atoms with Crippen LogP contribution in [0.3, 0.4) is 0 Å². The van der Waals surface area contributed by atoms with Crippen molar-refractivity contribution in [2.75, 3.05) is 5.32 Å². The largest absolute Gasteiger partial charge is 0.354 e. The molecule has 0 saturated carbocycles. The lowest BCUT2D eigenvalue weighted by atomic mass is 10.0. The van der Waals surface area contributed by atoms with E-state index in [1.807, 2.05) is 61.5 Å². The Bertz CT molecular complexity index is 1340. The number of carbonyl (C=O) groups excluding carboxylic acids is 2. The molecule has 0 atom stereocenters. The Morgan fingerprint density at radius 3 is 2.45 bits per heavy atom. The minimum atomic E-state index is -0.241. The summed E-state index contributed by atoms with van der Waals surface area (Å²) in [7, 11) is 0. The molecule has 152 valence electrons. The third kappa shape index (κ3) is 3.55. The first-order chi connectivity index (χ1) is 15.0. The number of aromatic nitrogens is 2. The Kier molecular flexibility index (Phi) is 4.71. The van der Waals surface area contributed by atoms with Gasteiger partial charge in [0.2, 0.25) is 0 Å². The number of ketones is 2. The average Bonchev–Trinajstić information content (AvgIpc) is 3.23. The lowest BCUT2D eigenvalue weighted by Crippen LogP contribution is -2.08. The highest BCUT2D eigenvalue weighted by Gasteiger charge is 2.23. The van der Waals surface area contributed by atoms with Crippen LogP contribution in [0.5, 0.6) is 0 Å². The zero-order chi connectivity index (χ0) is 21.5. The van der Waals surface area contributed by atoms with Crippen molar-refractivity contribution in [3.8, 4) is 5.69 Å². The fourth-order valence-corrected chi connectivity index (χ4v) is 4.53. The van der Waals surface area contributed by atoms with Gasteiger partial charge in [-0.3, -0.25) is 9.59 Å². The number of carbonyl (C=O) groups is 2. The van der Waals surface area contributed by atoms with E-state index in [-0.39, 0.29) is 17.3 Å². The summed E-state index contributed by atoms with van der Waals surface area (Å²) in [6.07, 6.45) is 1.64. The zero-order valence-electron chi connectivity index (χ0n) is 17.0. The molecule has 1 aliphatic rings. The van der Waals surface area contributed by atoms with Gasteiger partial charge in [0.1, 0.15) is 5.69 Å². The maximum Gasteiger partial charge on any atom is 0.197 e. The normalized spacial score (nSPS) is 11.9. The van der Waals surface area contributed by atoms with Crippen LogP contribution in [0.4, 0.5) is 11.4 Å². The quantitative estimate of drug-likeness (QED) is 0.368. The van der Waals surface area contributed by atoms with Gasteiger partial charge >= 0.3 is 0 Å². The van der Waals surface area contributed by atoms with Crippen molar-refractivity contribution < 1.29 is 9.59 Å². The number of para-hydroxylation sites is 1. The van der Waals surface area contributed by atoms with Gasteiger partial charge in [0.15, 0.2) is 11.6 Å². The Morgan fingerprint density at radius 1 is 0.935 bits per heavy atom. The molecule has 0 fully saturated rings. The Morgan fingerprint density at radius 2 is 1.68 bits per heavy atom. The van der Waals surface area contributed by atoms with Crippen LogP contribution >= 0.6 is 11.8 Å². The number of hydrogen-bond donors (Lipinski definition) is 1. The molecule has 5 nitrogen and oxygen atoms in total. The predicted molar refractivity (Wildman–Crippen MR) is 122 cm³/mol. The molecule has 0 unspecified atom stereocenters. The van der Waals surface area contributed by atoms with E-state index < -0.39 is 0 Å². The summed E-state index contributed by atoms with van der Waals surface area (Å²) in [5.41, 5.74) is 4.81. The maximum atomic E-state index is 13.4. The van der Waals surface area contributed by atoms with E-state index in [0.29, 0.717) is 11.1 Å². The molecule has 0 aliphatic carbocycles. The van der Waals surface area contributed by atoms with E-state index in [0.717, 1.165) is 32.4 Å². The van der Waals surface area contributed by atoms with Gasteiger partial charge in [-0.1, -0.05) is 41.6 Å². The predicted octanol–water partition coefficient (Wildman–Crippen LogP) is 5.82. The molecule has 5 rings (SSSR count). The number of nitrogens with zero attached hydrogens (tertiary/aromatic N) is 2. The molecule has 31 heavy (non-hydrogen) atoms. The van der Waals surface area contributed by atoms with Crippen LogP contribution in [-0.2, 0) is 0 Å². The van der Waals surface area contributed by atoms with Crippen molar-refractivity contribution in [2.24, 2.45) is 0 Å². The summed E-state index contributed by atoms with van der Waals surface area (Å²) < 4.78 is 1.59. The molecule has 3 aromatic carbocycles. The van der Waals surface area contributed by atoms with E-state index in [4.69, 9.17) is 0 Å². The smallest absolute Gasteiger partial charge is 0.197 e. The van der Waals surface area contributed by atoms with Gasteiger partial charge in [-0.2, -0.15) is 5.10 Å². The van der Waals surface area contributed by atoms with Crippen molar-refractivity contribution in [2.45, 2.75) is 23.6 Å². The van der Waals surface area contributed by atoms with Crippen LogP contribution in [0.1, 0.15) is 38.9 Å². The molecule has 0 bridgehead atoms. The van der Waals surface area contributed by atoms with Crippen molar-refractivity contribution >= 4 is 34.7 Å². The van der Waals surface area contributed by atoms with Crippen molar-refractivity contribution in [3.05, 3.63) is 95.3 Å². The molecule has 1 N–H and O–H groups in total. The fraction of sp³-hybridized carbons (Fsp3) is 0.0800. The number of benzene rings is 3. The molecule has 4 aromatic rings. The zero-order valence-corrected chi connectivity index (χ0v) is 17.9. The van der Waals surface area contributed by atoms with Gasteiger partial charge in [-0.05, 0) is 49.4 Å². The molecular weight excluding hydrogens is 406 g/mol. The summed E-state index contributed by atoms with van der Waals surface area (Å²) >= 11 is 1.66. The van der Waals surface area contributed by atoms with Crippen LogP contribution in [0.15, 0.2) is 82.7 Å². The summed E-state index contributed by atoms with van der Waals surface area (Å²) in [5, 5.41) is 7.80. The van der Waals surface area contributed by atoms with Crippen LogP contribution in [-0.4, -0.2) is 21.3 Å². The molecule has 2 heterocycles. The second kappa shape index (κ2) is 7.56. The molecule has 1 aromatic heterocycles. The summed E-state index contributed by atoms with van der Waals surface area (Å²) in [4.78, 5) is 27.8. The molecule has 6 heteroatoms. The van der Waals surface area contributed by atoms with E-state index >= 15 is 0 Å². The van der Waals surface area contributed by atoms with Crippen LogP contribution < -0.4 is 5.32 Å². The average molecular weight is 426 g/mol. The standard InChI is InChI=1S/C25H19N3O2S/c1-15-7-10-18(11-8-15)28-14-19(24(27-28)16(2)29)25(30)17-9-12-23-21(13-17)26-20-5-3-4-6-22(20)31-23/h3-14,26H,1-2H3. The van der Waals surface area contributed by atoms with Gasteiger partial charge in [0, 0.05) is 28.5 Å². The first-order valence-electron chi connectivity index (χ1n) is 9.90. The first-order valence-corrected chi connectivity index (χ1v) is 10.7. The van der Waals surface area contributed by atoms with E-state index in [9.17, 15) is 9.59 Å². The Hall–Kier alpha value is -3.64. The fourth-order valence-electron chi connectivity index (χ4n) is 3.57.